The standard InChI is InChI=1S/C12H15NO3/c14-8-7-13-11(6-9-16-12(13)15)10-4-2-1-3-5-10/h1-5,11,14H,6-9H2. The molecule has 4 nitrogen and oxygen atoms in total. The van der Waals surface area contributed by atoms with E-state index in [1.54, 1.807) is 4.90 Å². The van der Waals surface area contributed by atoms with Gasteiger partial charge in [0.15, 0.2) is 0 Å². The maximum Gasteiger partial charge on any atom is 0.410 e. The molecule has 0 radical (unpaired) electrons. The molecule has 0 aliphatic carbocycles. The van der Waals surface area contributed by atoms with Crippen LogP contribution in [-0.2, 0) is 4.74 Å². The number of amides is 1. The number of hydrogen-bond acceptors (Lipinski definition) is 3. The molecule has 86 valence electrons. The average Bonchev–Trinajstić information content (AvgIpc) is 2.33. The summed E-state index contributed by atoms with van der Waals surface area (Å²) in [6.07, 6.45) is 0.435. The van der Waals surface area contributed by atoms with Gasteiger partial charge in [0.2, 0.25) is 0 Å². The Morgan fingerprint density at radius 1 is 1.38 bits per heavy atom. The summed E-state index contributed by atoms with van der Waals surface area (Å²) in [4.78, 5) is 13.1. The number of hydrogen-bond donors (Lipinski definition) is 1. The van der Waals surface area contributed by atoms with E-state index in [1.165, 1.54) is 0 Å². The summed E-state index contributed by atoms with van der Waals surface area (Å²) < 4.78 is 4.97. The van der Waals surface area contributed by atoms with Gasteiger partial charge < -0.3 is 9.84 Å². The molecule has 1 heterocycles. The molecule has 16 heavy (non-hydrogen) atoms. The molecule has 1 aromatic rings. The molecular weight excluding hydrogens is 206 g/mol. The summed E-state index contributed by atoms with van der Waals surface area (Å²) in [5.41, 5.74) is 1.09. The number of aliphatic hydroxyl groups is 1. The van der Waals surface area contributed by atoms with Gasteiger partial charge in [0.1, 0.15) is 0 Å². The molecule has 1 aliphatic heterocycles. The van der Waals surface area contributed by atoms with E-state index in [0.29, 0.717) is 13.2 Å². The number of carbonyl (C=O) groups excluding carboxylic acids is 1. The SMILES string of the molecule is O=C1OCCC(c2ccccc2)N1CCO. The van der Waals surface area contributed by atoms with Crippen LogP contribution < -0.4 is 0 Å². The van der Waals surface area contributed by atoms with Crippen molar-refractivity contribution in [2.75, 3.05) is 19.8 Å². The van der Waals surface area contributed by atoms with Crippen LogP contribution in [0.4, 0.5) is 4.79 Å². The first kappa shape index (κ1) is 11.0. The predicted molar refractivity (Wildman–Crippen MR) is 58.9 cm³/mol. The fraction of sp³-hybridized carbons (Fsp3) is 0.417. The summed E-state index contributed by atoms with van der Waals surface area (Å²) in [6, 6.07) is 9.86. The summed E-state index contributed by atoms with van der Waals surface area (Å²) >= 11 is 0. The van der Waals surface area contributed by atoms with E-state index < -0.39 is 0 Å². The summed E-state index contributed by atoms with van der Waals surface area (Å²) in [5, 5.41) is 8.95. The zero-order valence-corrected chi connectivity index (χ0v) is 9.00. The highest BCUT2D eigenvalue weighted by Gasteiger charge is 2.29. The molecule has 0 spiro atoms. The van der Waals surface area contributed by atoms with E-state index in [-0.39, 0.29) is 18.7 Å². The van der Waals surface area contributed by atoms with Crippen molar-refractivity contribution >= 4 is 6.09 Å². The van der Waals surface area contributed by atoms with Crippen molar-refractivity contribution in [2.45, 2.75) is 12.5 Å². The molecule has 0 bridgehead atoms. The number of rotatable bonds is 3. The van der Waals surface area contributed by atoms with Crippen LogP contribution in [0, 0.1) is 0 Å². The van der Waals surface area contributed by atoms with Crippen LogP contribution in [0.5, 0.6) is 0 Å². The Kier molecular flexibility index (Phi) is 3.41. The Morgan fingerprint density at radius 2 is 2.12 bits per heavy atom. The lowest BCUT2D eigenvalue weighted by Crippen LogP contribution is -2.41. The Balaban J connectivity index is 2.20. The highest BCUT2D eigenvalue weighted by atomic mass is 16.6. The summed E-state index contributed by atoms with van der Waals surface area (Å²) in [6.45, 7) is 0.719. The van der Waals surface area contributed by atoms with Crippen LogP contribution in [0.25, 0.3) is 0 Å². The van der Waals surface area contributed by atoms with Crippen molar-refractivity contribution in [3.8, 4) is 0 Å². The largest absolute Gasteiger partial charge is 0.449 e. The fourth-order valence-electron chi connectivity index (χ4n) is 2.00. The monoisotopic (exact) mass is 221 g/mol. The third-order valence-corrected chi connectivity index (χ3v) is 2.75. The van der Waals surface area contributed by atoms with Crippen LogP contribution in [0.2, 0.25) is 0 Å². The molecule has 4 heteroatoms. The lowest BCUT2D eigenvalue weighted by molar-refractivity contribution is 0.0361. The number of cyclic esters (lactones) is 1. The highest BCUT2D eigenvalue weighted by Crippen LogP contribution is 2.27. The molecular formula is C12H15NO3. The van der Waals surface area contributed by atoms with E-state index in [2.05, 4.69) is 0 Å². The van der Waals surface area contributed by atoms with Gasteiger partial charge in [-0.3, -0.25) is 4.90 Å². The van der Waals surface area contributed by atoms with E-state index in [1.807, 2.05) is 30.3 Å². The van der Waals surface area contributed by atoms with Crippen LogP contribution in [0.3, 0.4) is 0 Å². The summed E-state index contributed by atoms with van der Waals surface area (Å²) in [7, 11) is 0. The zero-order valence-electron chi connectivity index (χ0n) is 9.00. The molecule has 0 aromatic heterocycles. The van der Waals surface area contributed by atoms with Gasteiger partial charge in [0.25, 0.3) is 0 Å². The first-order chi connectivity index (χ1) is 7.83. The molecule has 1 N–H and O–H groups in total. The molecule has 1 amide bonds. The number of benzene rings is 1. The molecule has 1 aromatic carbocycles. The van der Waals surface area contributed by atoms with Gasteiger partial charge in [-0.25, -0.2) is 4.79 Å². The smallest absolute Gasteiger partial charge is 0.410 e. The molecule has 2 rings (SSSR count). The Hall–Kier alpha value is -1.55. The van der Waals surface area contributed by atoms with Gasteiger partial charge in [0.05, 0.1) is 19.3 Å². The normalized spacial score (nSPS) is 20.7. The van der Waals surface area contributed by atoms with E-state index in [4.69, 9.17) is 9.84 Å². The van der Waals surface area contributed by atoms with Crippen LogP contribution in [0.1, 0.15) is 18.0 Å². The lowest BCUT2D eigenvalue weighted by Gasteiger charge is -2.34. The van der Waals surface area contributed by atoms with Crippen molar-refractivity contribution in [2.24, 2.45) is 0 Å². The molecule has 1 atom stereocenters. The topological polar surface area (TPSA) is 49.8 Å². The minimum Gasteiger partial charge on any atom is -0.449 e. The number of nitrogens with zero attached hydrogens (tertiary/aromatic N) is 1. The van der Waals surface area contributed by atoms with Crippen molar-refractivity contribution in [1.82, 2.24) is 4.90 Å². The number of carbonyl (C=O) groups is 1. The quantitative estimate of drug-likeness (QED) is 0.842. The van der Waals surface area contributed by atoms with Gasteiger partial charge in [-0.05, 0) is 5.56 Å². The minimum atomic E-state index is -0.339. The molecule has 1 fully saturated rings. The molecule has 1 saturated heterocycles. The van der Waals surface area contributed by atoms with E-state index in [9.17, 15) is 4.79 Å². The first-order valence-corrected chi connectivity index (χ1v) is 5.42. The van der Waals surface area contributed by atoms with E-state index >= 15 is 0 Å². The first-order valence-electron chi connectivity index (χ1n) is 5.42. The highest BCUT2D eigenvalue weighted by molar-refractivity contribution is 5.69. The van der Waals surface area contributed by atoms with Crippen molar-refractivity contribution < 1.29 is 14.6 Å². The third-order valence-electron chi connectivity index (χ3n) is 2.75. The molecule has 0 saturated carbocycles. The number of aliphatic hydroxyl groups excluding tert-OH is 1. The van der Waals surface area contributed by atoms with Gasteiger partial charge in [-0.1, -0.05) is 30.3 Å². The summed E-state index contributed by atoms with van der Waals surface area (Å²) in [5.74, 6) is 0. The third kappa shape index (κ3) is 2.17. The van der Waals surface area contributed by atoms with Gasteiger partial charge in [0, 0.05) is 13.0 Å². The molecule has 1 unspecified atom stereocenters. The zero-order chi connectivity index (χ0) is 11.4. The van der Waals surface area contributed by atoms with E-state index in [0.717, 1.165) is 12.0 Å². The minimum absolute atomic E-state index is 0.0228. The Bertz CT molecular complexity index is 353. The van der Waals surface area contributed by atoms with Crippen LogP contribution >= 0.6 is 0 Å². The van der Waals surface area contributed by atoms with Crippen molar-refractivity contribution in [3.63, 3.8) is 0 Å². The average molecular weight is 221 g/mol. The fourth-order valence-corrected chi connectivity index (χ4v) is 2.00. The van der Waals surface area contributed by atoms with Crippen molar-refractivity contribution in [1.29, 1.82) is 0 Å². The van der Waals surface area contributed by atoms with Gasteiger partial charge >= 0.3 is 6.09 Å². The lowest BCUT2D eigenvalue weighted by atomic mass is 10.0. The Labute approximate surface area is 94.4 Å². The maximum absolute atomic E-state index is 11.6. The predicted octanol–water partition coefficient (Wildman–Crippen LogP) is 1.56. The van der Waals surface area contributed by atoms with Crippen LogP contribution in [0.15, 0.2) is 30.3 Å². The number of ether oxygens (including phenoxy) is 1. The maximum atomic E-state index is 11.6. The second-order valence-corrected chi connectivity index (χ2v) is 3.75. The van der Waals surface area contributed by atoms with Gasteiger partial charge in [-0.15, -0.1) is 0 Å². The van der Waals surface area contributed by atoms with Crippen LogP contribution in [-0.4, -0.2) is 35.9 Å². The molecule has 1 aliphatic rings. The Morgan fingerprint density at radius 3 is 2.81 bits per heavy atom. The number of β-amino-alcohol motifs (C(OH)–C–C–N with tert-alkyl or cyclic N) is 1. The van der Waals surface area contributed by atoms with Crippen molar-refractivity contribution in [3.05, 3.63) is 35.9 Å². The van der Waals surface area contributed by atoms with Gasteiger partial charge in [-0.2, -0.15) is 0 Å². The second-order valence-electron chi connectivity index (χ2n) is 3.75. The second kappa shape index (κ2) is 4.99.